The van der Waals surface area contributed by atoms with Crippen molar-refractivity contribution in [2.45, 2.75) is 0 Å². The molecule has 5 heteroatoms. The number of hydrogen-bond donors (Lipinski definition) is 1. The van der Waals surface area contributed by atoms with Crippen LogP contribution in [-0.2, 0) is 4.79 Å². The van der Waals surface area contributed by atoms with E-state index in [1.807, 2.05) is 17.5 Å². The molecule has 1 amide bonds. The van der Waals surface area contributed by atoms with Gasteiger partial charge in [0.05, 0.1) is 6.21 Å². The highest BCUT2D eigenvalue weighted by molar-refractivity contribution is 7.11. The molecule has 0 unspecified atom stereocenters. The average molecular weight is 284 g/mol. The van der Waals surface area contributed by atoms with Crippen LogP contribution in [-0.4, -0.2) is 18.7 Å². The lowest BCUT2D eigenvalue weighted by molar-refractivity contribution is -0.123. The third kappa shape index (κ3) is 4.26. The van der Waals surface area contributed by atoms with Gasteiger partial charge in [-0.2, -0.15) is 5.10 Å². The maximum atomic E-state index is 11.5. The molecule has 0 aliphatic heterocycles. The van der Waals surface area contributed by atoms with E-state index in [-0.39, 0.29) is 12.5 Å². The number of rotatable bonds is 5. The summed E-state index contributed by atoms with van der Waals surface area (Å²) in [5.74, 6) is 2.77. The molecule has 100 valence electrons. The quantitative estimate of drug-likeness (QED) is 0.520. The Morgan fingerprint density at radius 3 is 2.85 bits per heavy atom. The Kier molecular flexibility index (Phi) is 4.93. The lowest BCUT2D eigenvalue weighted by Gasteiger charge is -2.04. The summed E-state index contributed by atoms with van der Waals surface area (Å²) in [4.78, 5) is 12.5. The minimum absolute atomic E-state index is 0.100. The minimum atomic E-state index is -0.321. The van der Waals surface area contributed by atoms with Crippen LogP contribution in [0.3, 0.4) is 0 Å². The summed E-state index contributed by atoms with van der Waals surface area (Å²) in [6, 6.07) is 10.8. The number of amides is 1. The van der Waals surface area contributed by atoms with Crippen molar-refractivity contribution in [3.05, 3.63) is 52.2 Å². The molecule has 0 atom stereocenters. The number of hydrogen-bond acceptors (Lipinski definition) is 4. The van der Waals surface area contributed by atoms with E-state index < -0.39 is 0 Å². The number of carbonyl (C=O) groups excluding carboxylic acids is 1. The molecule has 0 aliphatic carbocycles. The van der Waals surface area contributed by atoms with Crippen LogP contribution >= 0.6 is 11.3 Å². The fraction of sp³-hybridized carbons (Fsp3) is 0.0667. The molecule has 0 aliphatic rings. The van der Waals surface area contributed by atoms with Gasteiger partial charge in [-0.05, 0) is 35.7 Å². The Labute approximate surface area is 121 Å². The van der Waals surface area contributed by atoms with Gasteiger partial charge in [-0.1, -0.05) is 12.0 Å². The van der Waals surface area contributed by atoms with Gasteiger partial charge in [0, 0.05) is 10.4 Å². The molecule has 2 aromatic rings. The van der Waals surface area contributed by atoms with E-state index in [1.165, 1.54) is 0 Å². The van der Waals surface area contributed by atoms with Crippen LogP contribution in [0.5, 0.6) is 5.75 Å². The van der Waals surface area contributed by atoms with E-state index in [1.54, 1.807) is 41.8 Å². The first kappa shape index (κ1) is 13.8. The molecule has 1 heterocycles. The molecule has 0 radical (unpaired) electrons. The molecule has 1 N–H and O–H groups in total. The molecule has 0 saturated carbocycles. The topological polar surface area (TPSA) is 50.7 Å². The molecular formula is C15H12N2O2S. The number of hydrazone groups is 1. The summed E-state index contributed by atoms with van der Waals surface area (Å²) >= 11 is 1.54. The van der Waals surface area contributed by atoms with E-state index in [9.17, 15) is 4.79 Å². The van der Waals surface area contributed by atoms with E-state index in [0.29, 0.717) is 5.75 Å². The van der Waals surface area contributed by atoms with E-state index >= 15 is 0 Å². The normalized spacial score (nSPS) is 10.2. The van der Waals surface area contributed by atoms with Gasteiger partial charge in [0.25, 0.3) is 5.91 Å². The average Bonchev–Trinajstić information content (AvgIpc) is 2.99. The fourth-order valence-corrected chi connectivity index (χ4v) is 1.95. The summed E-state index contributed by atoms with van der Waals surface area (Å²) in [5, 5.41) is 5.77. The number of carbonyl (C=O) groups is 1. The maximum Gasteiger partial charge on any atom is 0.277 e. The molecule has 0 bridgehead atoms. The van der Waals surface area contributed by atoms with Gasteiger partial charge in [0.1, 0.15) is 5.75 Å². The predicted molar refractivity (Wildman–Crippen MR) is 79.9 cm³/mol. The Hall–Kier alpha value is -2.58. The number of nitrogens with one attached hydrogen (secondary N) is 1. The van der Waals surface area contributed by atoms with Crippen molar-refractivity contribution < 1.29 is 9.53 Å². The highest BCUT2D eigenvalue weighted by Crippen LogP contribution is 2.11. The Bertz CT molecular complexity index is 625. The fourth-order valence-electron chi connectivity index (χ4n) is 1.36. The van der Waals surface area contributed by atoms with Crippen LogP contribution in [0.2, 0.25) is 0 Å². The zero-order valence-electron chi connectivity index (χ0n) is 10.6. The third-order valence-corrected chi connectivity index (χ3v) is 3.12. The van der Waals surface area contributed by atoms with Gasteiger partial charge < -0.3 is 4.74 Å². The summed E-state index contributed by atoms with van der Waals surface area (Å²) < 4.78 is 5.30. The minimum Gasteiger partial charge on any atom is -0.484 e. The van der Waals surface area contributed by atoms with Crippen LogP contribution in [0.4, 0.5) is 0 Å². The molecule has 0 fully saturated rings. The molecule has 0 saturated heterocycles. The number of benzene rings is 1. The second kappa shape index (κ2) is 7.12. The van der Waals surface area contributed by atoms with Crippen LogP contribution in [0.1, 0.15) is 10.4 Å². The molecule has 4 nitrogen and oxygen atoms in total. The first-order valence-electron chi connectivity index (χ1n) is 5.83. The summed E-state index contributed by atoms with van der Waals surface area (Å²) in [6.45, 7) is -0.100. The van der Waals surface area contributed by atoms with Gasteiger partial charge in [-0.25, -0.2) is 5.43 Å². The lowest BCUT2D eigenvalue weighted by Crippen LogP contribution is -2.24. The Morgan fingerprint density at radius 1 is 1.40 bits per heavy atom. The molecule has 20 heavy (non-hydrogen) atoms. The van der Waals surface area contributed by atoms with Crippen molar-refractivity contribution in [1.82, 2.24) is 5.43 Å². The molecule has 2 rings (SSSR count). The highest BCUT2D eigenvalue weighted by Gasteiger charge is 2.01. The standard InChI is InChI=1S/C15H12N2O2S/c1-2-12-5-7-13(8-6-12)19-11-15(18)17-16-10-14-4-3-9-20-14/h1,3-10H,11H2,(H,17,18)/b16-10-. The van der Waals surface area contributed by atoms with E-state index in [4.69, 9.17) is 11.2 Å². The first-order valence-corrected chi connectivity index (χ1v) is 6.71. The van der Waals surface area contributed by atoms with Gasteiger partial charge >= 0.3 is 0 Å². The molecule has 0 spiro atoms. The third-order valence-electron chi connectivity index (χ3n) is 2.32. The highest BCUT2D eigenvalue weighted by atomic mass is 32.1. The number of ether oxygens (including phenoxy) is 1. The van der Waals surface area contributed by atoms with Crippen LogP contribution in [0, 0.1) is 12.3 Å². The Balaban J connectivity index is 1.76. The van der Waals surface area contributed by atoms with Crippen LogP contribution in [0.25, 0.3) is 0 Å². The second-order valence-electron chi connectivity index (χ2n) is 3.77. The molecule has 1 aromatic carbocycles. The zero-order chi connectivity index (χ0) is 14.2. The van der Waals surface area contributed by atoms with Crippen LogP contribution < -0.4 is 10.2 Å². The lowest BCUT2D eigenvalue weighted by atomic mass is 10.2. The first-order chi connectivity index (χ1) is 9.78. The van der Waals surface area contributed by atoms with E-state index in [2.05, 4.69) is 16.4 Å². The number of terminal acetylenes is 1. The van der Waals surface area contributed by atoms with Crippen molar-refractivity contribution in [2.75, 3.05) is 6.61 Å². The van der Waals surface area contributed by atoms with Gasteiger partial charge in [0.2, 0.25) is 0 Å². The van der Waals surface area contributed by atoms with Crippen molar-refractivity contribution in [3.8, 4) is 18.1 Å². The van der Waals surface area contributed by atoms with Crippen molar-refractivity contribution in [2.24, 2.45) is 5.10 Å². The van der Waals surface area contributed by atoms with Gasteiger partial charge in [-0.15, -0.1) is 17.8 Å². The number of nitrogens with zero attached hydrogens (tertiary/aromatic N) is 1. The SMILES string of the molecule is C#Cc1ccc(OCC(=O)N/N=C\c2cccs2)cc1. The maximum absolute atomic E-state index is 11.5. The monoisotopic (exact) mass is 284 g/mol. The predicted octanol–water partition coefficient (Wildman–Crippen LogP) is 2.26. The van der Waals surface area contributed by atoms with Crippen LogP contribution in [0.15, 0.2) is 46.9 Å². The summed E-state index contributed by atoms with van der Waals surface area (Å²) in [5.41, 5.74) is 3.16. The zero-order valence-corrected chi connectivity index (χ0v) is 11.4. The Morgan fingerprint density at radius 2 is 2.20 bits per heavy atom. The second-order valence-corrected chi connectivity index (χ2v) is 4.75. The largest absolute Gasteiger partial charge is 0.484 e. The summed E-state index contributed by atoms with van der Waals surface area (Å²) in [7, 11) is 0. The van der Waals surface area contributed by atoms with Crippen molar-refractivity contribution >= 4 is 23.5 Å². The summed E-state index contributed by atoms with van der Waals surface area (Å²) in [6.07, 6.45) is 6.83. The van der Waals surface area contributed by atoms with Gasteiger partial charge in [0.15, 0.2) is 6.61 Å². The van der Waals surface area contributed by atoms with Crippen molar-refractivity contribution in [3.63, 3.8) is 0 Å². The van der Waals surface area contributed by atoms with E-state index in [0.717, 1.165) is 10.4 Å². The van der Waals surface area contributed by atoms with Gasteiger partial charge in [-0.3, -0.25) is 4.79 Å². The smallest absolute Gasteiger partial charge is 0.277 e. The number of thiophene rings is 1. The van der Waals surface area contributed by atoms with Crippen molar-refractivity contribution in [1.29, 1.82) is 0 Å². The molecular weight excluding hydrogens is 272 g/mol. The molecule has 1 aromatic heterocycles.